The van der Waals surface area contributed by atoms with E-state index in [1.54, 1.807) is 7.05 Å². The molecule has 1 aliphatic rings. The number of aromatic amines is 1. The van der Waals surface area contributed by atoms with Crippen LogP contribution in [0.2, 0.25) is 0 Å². The van der Waals surface area contributed by atoms with E-state index in [0.717, 1.165) is 0 Å². The molecule has 0 saturated heterocycles. The van der Waals surface area contributed by atoms with Gasteiger partial charge in [-0.05, 0) is 25.1 Å². The molecule has 0 aromatic carbocycles. The van der Waals surface area contributed by atoms with Crippen LogP contribution in [0.5, 0.6) is 0 Å². The smallest absolute Gasteiger partial charge is 0.225 e. The zero-order valence-electron chi connectivity index (χ0n) is 7.29. The summed E-state index contributed by atoms with van der Waals surface area (Å²) in [7, 11) is 1.79. The highest BCUT2D eigenvalue weighted by Crippen LogP contribution is 2.22. The van der Waals surface area contributed by atoms with E-state index in [9.17, 15) is 0 Å². The second-order valence-corrected chi connectivity index (χ2v) is 3.36. The first kappa shape index (κ1) is 8.43. The van der Waals surface area contributed by atoms with Crippen LogP contribution in [-0.2, 0) is 0 Å². The first-order valence-electron chi connectivity index (χ1n) is 4.20. The number of aromatic nitrogens is 3. The molecule has 70 valence electrons. The zero-order valence-corrected chi connectivity index (χ0v) is 8.11. The van der Waals surface area contributed by atoms with Crippen molar-refractivity contribution in [3.05, 3.63) is 4.77 Å². The van der Waals surface area contributed by atoms with E-state index >= 15 is 0 Å². The molecule has 0 bridgehead atoms. The van der Waals surface area contributed by atoms with Gasteiger partial charge in [-0.2, -0.15) is 9.97 Å². The van der Waals surface area contributed by atoms with E-state index in [2.05, 4.69) is 25.6 Å². The van der Waals surface area contributed by atoms with Crippen molar-refractivity contribution in [2.75, 3.05) is 17.7 Å². The molecule has 1 heterocycles. The Balaban J connectivity index is 2.22. The quantitative estimate of drug-likeness (QED) is 0.634. The van der Waals surface area contributed by atoms with Gasteiger partial charge in [-0.3, -0.25) is 4.98 Å². The molecule has 13 heavy (non-hydrogen) atoms. The summed E-state index contributed by atoms with van der Waals surface area (Å²) in [6, 6.07) is 0.560. The van der Waals surface area contributed by atoms with Gasteiger partial charge >= 0.3 is 0 Å². The highest BCUT2D eigenvalue weighted by molar-refractivity contribution is 7.71. The summed E-state index contributed by atoms with van der Waals surface area (Å²) in [6.45, 7) is 0. The summed E-state index contributed by atoms with van der Waals surface area (Å²) in [5.41, 5.74) is 0. The molecule has 1 aromatic rings. The maximum atomic E-state index is 4.90. The van der Waals surface area contributed by atoms with Crippen molar-refractivity contribution < 1.29 is 0 Å². The van der Waals surface area contributed by atoms with Gasteiger partial charge in [0.25, 0.3) is 0 Å². The molecule has 0 spiro atoms. The Morgan fingerprint density at radius 1 is 1.38 bits per heavy atom. The lowest BCUT2D eigenvalue weighted by atomic mass is 10.7. The van der Waals surface area contributed by atoms with E-state index in [1.165, 1.54) is 12.8 Å². The van der Waals surface area contributed by atoms with Gasteiger partial charge in [-0.25, -0.2) is 0 Å². The first-order valence-corrected chi connectivity index (χ1v) is 4.61. The second kappa shape index (κ2) is 3.29. The maximum Gasteiger partial charge on any atom is 0.225 e. The largest absolute Gasteiger partial charge is 0.359 e. The predicted octanol–water partition coefficient (Wildman–Crippen LogP) is 1.15. The number of hydrogen-bond acceptors (Lipinski definition) is 5. The average molecular weight is 197 g/mol. The molecule has 0 radical (unpaired) electrons. The number of H-pyrrole nitrogens is 1. The fraction of sp³-hybridized carbons (Fsp3) is 0.571. The second-order valence-electron chi connectivity index (χ2n) is 3.00. The van der Waals surface area contributed by atoms with Crippen molar-refractivity contribution in [2.24, 2.45) is 0 Å². The van der Waals surface area contributed by atoms with Gasteiger partial charge in [-0.15, -0.1) is 0 Å². The summed E-state index contributed by atoms with van der Waals surface area (Å²) in [5.74, 6) is 1.34. The molecular formula is C7H11N5S. The minimum absolute atomic E-state index is 0.353. The highest BCUT2D eigenvalue weighted by atomic mass is 32.1. The predicted molar refractivity (Wildman–Crippen MR) is 53.4 cm³/mol. The van der Waals surface area contributed by atoms with Crippen molar-refractivity contribution in [3.8, 4) is 0 Å². The van der Waals surface area contributed by atoms with E-state index < -0.39 is 0 Å². The lowest BCUT2D eigenvalue weighted by molar-refractivity contribution is 0.987. The van der Waals surface area contributed by atoms with E-state index in [1.807, 2.05) is 0 Å². The summed E-state index contributed by atoms with van der Waals surface area (Å²) in [6.07, 6.45) is 2.42. The zero-order chi connectivity index (χ0) is 9.26. The van der Waals surface area contributed by atoms with Crippen molar-refractivity contribution >= 4 is 24.1 Å². The third-order valence-electron chi connectivity index (χ3n) is 1.81. The molecule has 3 N–H and O–H groups in total. The van der Waals surface area contributed by atoms with E-state index in [0.29, 0.717) is 22.7 Å². The SMILES string of the molecule is CNc1nc(=S)nc(NC2CC2)[nH]1. The Hall–Kier alpha value is -1.17. The van der Waals surface area contributed by atoms with Gasteiger partial charge in [0, 0.05) is 13.1 Å². The van der Waals surface area contributed by atoms with Gasteiger partial charge in [0.05, 0.1) is 0 Å². The first-order chi connectivity index (χ1) is 6.28. The van der Waals surface area contributed by atoms with Gasteiger partial charge < -0.3 is 10.6 Å². The molecule has 0 amide bonds. The molecular weight excluding hydrogens is 186 g/mol. The Morgan fingerprint density at radius 2 is 2.08 bits per heavy atom. The van der Waals surface area contributed by atoms with Crippen molar-refractivity contribution in [1.29, 1.82) is 0 Å². The minimum atomic E-state index is 0.353. The number of nitrogens with one attached hydrogen (secondary N) is 3. The Labute approximate surface area is 81.0 Å². The van der Waals surface area contributed by atoms with Crippen LogP contribution >= 0.6 is 12.2 Å². The fourth-order valence-electron chi connectivity index (χ4n) is 0.992. The Morgan fingerprint density at radius 3 is 2.69 bits per heavy atom. The Kier molecular flexibility index (Phi) is 2.13. The van der Waals surface area contributed by atoms with Gasteiger partial charge in [0.15, 0.2) is 0 Å². The van der Waals surface area contributed by atoms with Crippen molar-refractivity contribution in [2.45, 2.75) is 18.9 Å². The lowest BCUT2D eigenvalue weighted by Gasteiger charge is -2.04. The van der Waals surface area contributed by atoms with Crippen molar-refractivity contribution in [3.63, 3.8) is 0 Å². The average Bonchev–Trinajstić information content (AvgIpc) is 2.87. The molecule has 2 rings (SSSR count). The lowest BCUT2D eigenvalue weighted by Crippen LogP contribution is -2.08. The molecule has 1 aromatic heterocycles. The van der Waals surface area contributed by atoms with E-state index in [4.69, 9.17) is 12.2 Å². The molecule has 6 heteroatoms. The molecule has 5 nitrogen and oxygen atoms in total. The van der Waals surface area contributed by atoms with Crippen LogP contribution in [0.1, 0.15) is 12.8 Å². The topological polar surface area (TPSA) is 65.6 Å². The van der Waals surface area contributed by atoms with Crippen LogP contribution in [0.3, 0.4) is 0 Å². The van der Waals surface area contributed by atoms with Gasteiger partial charge in [0.1, 0.15) is 0 Å². The van der Waals surface area contributed by atoms with Gasteiger partial charge in [-0.1, -0.05) is 0 Å². The summed E-state index contributed by atoms with van der Waals surface area (Å²) < 4.78 is 0.353. The normalized spacial score (nSPS) is 15.5. The summed E-state index contributed by atoms with van der Waals surface area (Å²) in [5, 5.41) is 6.11. The van der Waals surface area contributed by atoms with Crippen molar-refractivity contribution in [1.82, 2.24) is 15.0 Å². The van der Waals surface area contributed by atoms with Crippen LogP contribution in [0, 0.1) is 4.77 Å². The molecule has 0 unspecified atom stereocenters. The highest BCUT2D eigenvalue weighted by Gasteiger charge is 2.21. The van der Waals surface area contributed by atoms with Crippen LogP contribution in [0.4, 0.5) is 11.9 Å². The molecule has 1 aliphatic carbocycles. The summed E-state index contributed by atoms with van der Waals surface area (Å²) in [4.78, 5) is 11.0. The van der Waals surface area contributed by atoms with E-state index in [-0.39, 0.29) is 0 Å². The van der Waals surface area contributed by atoms with Crippen LogP contribution in [0.25, 0.3) is 0 Å². The standard InChI is InChI=1S/C7H11N5S/c1-8-5-10-6(9-4-2-3-4)12-7(13)11-5/h4H,2-3H2,1H3,(H3,8,9,10,11,12,13). The maximum absolute atomic E-state index is 4.90. The minimum Gasteiger partial charge on any atom is -0.359 e. The fourth-order valence-corrected chi connectivity index (χ4v) is 1.17. The summed E-state index contributed by atoms with van der Waals surface area (Å²) >= 11 is 4.90. The Bertz CT molecular complexity index is 356. The third-order valence-corrected chi connectivity index (χ3v) is 1.99. The van der Waals surface area contributed by atoms with Crippen LogP contribution in [0.15, 0.2) is 0 Å². The number of hydrogen-bond donors (Lipinski definition) is 3. The molecule has 1 saturated carbocycles. The number of rotatable bonds is 3. The van der Waals surface area contributed by atoms with Gasteiger partial charge in [0.2, 0.25) is 16.7 Å². The monoisotopic (exact) mass is 197 g/mol. The third kappa shape index (κ3) is 2.15. The number of anilines is 2. The number of nitrogens with zero attached hydrogens (tertiary/aromatic N) is 2. The molecule has 1 fully saturated rings. The van der Waals surface area contributed by atoms with Crippen LogP contribution < -0.4 is 10.6 Å². The molecule has 0 aliphatic heterocycles. The molecule has 0 atom stereocenters. The van der Waals surface area contributed by atoms with Crippen LogP contribution in [-0.4, -0.2) is 28.0 Å².